The first kappa shape index (κ1) is 19.6. The van der Waals surface area contributed by atoms with Crippen LogP contribution in [0.4, 0.5) is 11.8 Å². The molecule has 0 aliphatic carbocycles. The number of methoxy groups -OCH3 is 2. The summed E-state index contributed by atoms with van der Waals surface area (Å²) in [4.78, 5) is 7.99. The van der Waals surface area contributed by atoms with E-state index in [1.54, 1.807) is 20.4 Å². The van der Waals surface area contributed by atoms with Crippen LogP contribution in [-0.4, -0.2) is 43.9 Å². The van der Waals surface area contributed by atoms with Crippen molar-refractivity contribution in [2.45, 2.75) is 19.8 Å². The van der Waals surface area contributed by atoms with Gasteiger partial charge in [-0.15, -0.1) is 0 Å². The van der Waals surface area contributed by atoms with Crippen molar-refractivity contribution in [1.29, 1.82) is 0 Å². The van der Waals surface area contributed by atoms with Crippen molar-refractivity contribution < 1.29 is 14.2 Å². The van der Waals surface area contributed by atoms with Gasteiger partial charge < -0.3 is 31.0 Å². The molecule has 0 saturated carbocycles. The zero-order valence-electron chi connectivity index (χ0n) is 15.5. The summed E-state index contributed by atoms with van der Waals surface area (Å²) in [6, 6.07) is 3.80. The zero-order valence-corrected chi connectivity index (χ0v) is 15.5. The van der Waals surface area contributed by atoms with E-state index in [9.17, 15) is 0 Å². The van der Waals surface area contributed by atoms with Gasteiger partial charge >= 0.3 is 0 Å². The second kappa shape index (κ2) is 9.67. The van der Waals surface area contributed by atoms with E-state index >= 15 is 0 Å². The van der Waals surface area contributed by atoms with Crippen LogP contribution in [0.25, 0.3) is 0 Å². The Morgan fingerprint density at radius 1 is 1.12 bits per heavy atom. The third-order valence-corrected chi connectivity index (χ3v) is 3.83. The third kappa shape index (κ3) is 5.13. The van der Waals surface area contributed by atoms with Crippen molar-refractivity contribution in [3.8, 4) is 17.2 Å². The van der Waals surface area contributed by atoms with Crippen LogP contribution in [0, 0.1) is 0 Å². The number of anilines is 2. The monoisotopic (exact) mass is 361 g/mol. The van der Waals surface area contributed by atoms with Crippen molar-refractivity contribution in [1.82, 2.24) is 15.3 Å². The number of hydrogen-bond donors (Lipinski definition) is 3. The number of nitrogens with zero attached hydrogens (tertiary/aromatic N) is 2. The molecule has 0 saturated heterocycles. The smallest absolute Gasteiger partial charge is 0.221 e. The lowest BCUT2D eigenvalue weighted by atomic mass is 10.1. The highest BCUT2D eigenvalue weighted by Crippen LogP contribution is 2.39. The van der Waals surface area contributed by atoms with Crippen molar-refractivity contribution in [2.75, 3.05) is 45.4 Å². The minimum atomic E-state index is 0.155. The molecule has 2 rings (SSSR count). The second-order valence-corrected chi connectivity index (χ2v) is 5.70. The van der Waals surface area contributed by atoms with Crippen molar-refractivity contribution in [3.05, 3.63) is 29.5 Å². The number of aromatic nitrogens is 2. The third-order valence-electron chi connectivity index (χ3n) is 3.83. The van der Waals surface area contributed by atoms with Crippen LogP contribution in [0.2, 0.25) is 0 Å². The first-order chi connectivity index (χ1) is 12.6. The fraction of sp³-hybridized carbons (Fsp3) is 0.444. The fourth-order valence-corrected chi connectivity index (χ4v) is 2.52. The summed E-state index contributed by atoms with van der Waals surface area (Å²) in [5, 5.41) is 3.26. The van der Waals surface area contributed by atoms with Gasteiger partial charge in [0.15, 0.2) is 11.5 Å². The molecule has 8 nitrogen and oxygen atoms in total. The summed E-state index contributed by atoms with van der Waals surface area (Å²) in [7, 11) is 3.20. The number of nitrogens with two attached hydrogens (primary N) is 2. The van der Waals surface area contributed by atoms with Gasteiger partial charge in [-0.2, -0.15) is 4.98 Å². The highest BCUT2D eigenvalue weighted by Gasteiger charge is 2.15. The number of rotatable bonds is 10. The second-order valence-electron chi connectivity index (χ2n) is 5.70. The number of ether oxygens (including phenoxy) is 3. The summed E-state index contributed by atoms with van der Waals surface area (Å²) < 4.78 is 16.9. The topological polar surface area (TPSA) is 118 Å². The van der Waals surface area contributed by atoms with E-state index in [0.717, 1.165) is 30.6 Å². The van der Waals surface area contributed by atoms with Gasteiger partial charge in [-0.25, -0.2) is 4.98 Å². The highest BCUT2D eigenvalue weighted by atomic mass is 16.5. The Labute approximate surface area is 153 Å². The quantitative estimate of drug-likeness (QED) is 0.547. The normalized spacial score (nSPS) is 10.6. The minimum Gasteiger partial charge on any atom is -0.493 e. The molecule has 0 atom stereocenters. The molecule has 0 amide bonds. The van der Waals surface area contributed by atoms with Crippen LogP contribution in [0.15, 0.2) is 18.3 Å². The highest BCUT2D eigenvalue weighted by molar-refractivity contribution is 5.55. The SMILES string of the molecule is CCNCCCOc1c(OC)cc(Cc2cnc(N)nc2N)cc1OC. The summed E-state index contributed by atoms with van der Waals surface area (Å²) >= 11 is 0. The van der Waals surface area contributed by atoms with Gasteiger partial charge in [0.1, 0.15) is 5.82 Å². The maximum Gasteiger partial charge on any atom is 0.221 e. The van der Waals surface area contributed by atoms with Gasteiger partial charge in [0.25, 0.3) is 0 Å². The maximum atomic E-state index is 5.92. The molecule has 0 aliphatic rings. The molecule has 1 aromatic heterocycles. The summed E-state index contributed by atoms with van der Waals surface area (Å²) in [6.45, 7) is 4.48. The van der Waals surface area contributed by atoms with Crippen LogP contribution in [-0.2, 0) is 6.42 Å². The van der Waals surface area contributed by atoms with Crippen LogP contribution in [0.3, 0.4) is 0 Å². The summed E-state index contributed by atoms with van der Waals surface area (Å²) in [5.41, 5.74) is 13.2. The first-order valence-corrected chi connectivity index (χ1v) is 8.54. The molecule has 0 bridgehead atoms. The van der Waals surface area contributed by atoms with Crippen molar-refractivity contribution >= 4 is 11.8 Å². The molecule has 1 aromatic carbocycles. The van der Waals surface area contributed by atoms with Crippen LogP contribution >= 0.6 is 0 Å². The number of hydrogen-bond acceptors (Lipinski definition) is 8. The first-order valence-electron chi connectivity index (χ1n) is 8.54. The molecular formula is C18H27N5O3. The van der Waals surface area contributed by atoms with E-state index in [-0.39, 0.29) is 5.95 Å². The Kier molecular flexibility index (Phi) is 7.28. The van der Waals surface area contributed by atoms with Crippen molar-refractivity contribution in [3.63, 3.8) is 0 Å². The standard InChI is InChI=1S/C18H27N5O3/c1-4-21-6-5-7-26-16-14(24-2)9-12(10-15(16)25-3)8-13-11-22-18(20)23-17(13)19/h9-11,21H,4-8H2,1-3H3,(H4,19,20,22,23). The molecule has 0 radical (unpaired) electrons. The Bertz CT molecular complexity index is 699. The van der Waals surface area contributed by atoms with Gasteiger partial charge in [0.05, 0.1) is 20.8 Å². The largest absolute Gasteiger partial charge is 0.493 e. The van der Waals surface area contributed by atoms with E-state index in [1.807, 2.05) is 12.1 Å². The van der Waals surface area contributed by atoms with Gasteiger partial charge in [0, 0.05) is 18.2 Å². The van der Waals surface area contributed by atoms with Crippen molar-refractivity contribution in [2.24, 2.45) is 0 Å². The molecule has 142 valence electrons. The fourth-order valence-electron chi connectivity index (χ4n) is 2.52. The maximum absolute atomic E-state index is 5.92. The molecule has 8 heteroatoms. The molecular weight excluding hydrogens is 334 g/mol. The number of nitrogens with one attached hydrogen (secondary N) is 1. The molecule has 2 aromatic rings. The molecule has 0 unspecified atom stereocenters. The average molecular weight is 361 g/mol. The lowest BCUT2D eigenvalue weighted by Gasteiger charge is -2.16. The van der Waals surface area contributed by atoms with Gasteiger partial charge in [-0.05, 0) is 37.2 Å². The lowest BCUT2D eigenvalue weighted by molar-refractivity contribution is 0.269. The molecule has 0 fully saturated rings. The Hall–Kier alpha value is -2.74. The molecule has 0 spiro atoms. The number of nitrogen functional groups attached to an aromatic ring is 2. The predicted molar refractivity (Wildman–Crippen MR) is 102 cm³/mol. The van der Waals surface area contributed by atoms with E-state index in [1.165, 1.54) is 0 Å². The molecule has 1 heterocycles. The van der Waals surface area contributed by atoms with Gasteiger partial charge in [0.2, 0.25) is 11.7 Å². The van der Waals surface area contributed by atoms with Gasteiger partial charge in [-0.1, -0.05) is 6.92 Å². The molecule has 26 heavy (non-hydrogen) atoms. The lowest BCUT2D eigenvalue weighted by Crippen LogP contribution is -2.16. The Morgan fingerprint density at radius 2 is 1.81 bits per heavy atom. The average Bonchev–Trinajstić information content (AvgIpc) is 2.64. The van der Waals surface area contributed by atoms with Crippen LogP contribution in [0.1, 0.15) is 24.5 Å². The Balaban J connectivity index is 2.18. The van der Waals surface area contributed by atoms with E-state index in [0.29, 0.717) is 36.1 Å². The zero-order chi connectivity index (χ0) is 18.9. The van der Waals surface area contributed by atoms with E-state index in [2.05, 4.69) is 22.2 Å². The summed E-state index contributed by atoms with van der Waals surface area (Å²) in [5.74, 6) is 2.33. The van der Waals surface area contributed by atoms with Gasteiger partial charge in [-0.3, -0.25) is 0 Å². The van der Waals surface area contributed by atoms with Crippen LogP contribution < -0.4 is 31.0 Å². The molecule has 5 N–H and O–H groups in total. The van der Waals surface area contributed by atoms with E-state index in [4.69, 9.17) is 25.7 Å². The predicted octanol–water partition coefficient (Wildman–Crippen LogP) is 1.63. The van der Waals surface area contributed by atoms with Crippen LogP contribution in [0.5, 0.6) is 17.2 Å². The summed E-state index contributed by atoms with van der Waals surface area (Å²) in [6.07, 6.45) is 3.04. The molecule has 0 aliphatic heterocycles. The Morgan fingerprint density at radius 3 is 2.38 bits per heavy atom. The minimum absolute atomic E-state index is 0.155. The van der Waals surface area contributed by atoms with E-state index < -0.39 is 0 Å². The number of benzene rings is 1.